The van der Waals surface area contributed by atoms with Crippen molar-refractivity contribution in [3.05, 3.63) is 47.8 Å². The van der Waals surface area contributed by atoms with Crippen molar-refractivity contribution in [2.75, 3.05) is 0 Å². The Morgan fingerprint density at radius 1 is 1.17 bits per heavy atom. The summed E-state index contributed by atoms with van der Waals surface area (Å²) < 4.78 is 39.2. The predicted molar refractivity (Wildman–Crippen MR) is 62.7 cm³/mol. The van der Waals surface area contributed by atoms with Gasteiger partial charge in [-0.15, -0.1) is 0 Å². The average Bonchev–Trinajstić information content (AvgIpc) is 2.77. The third-order valence-electron chi connectivity index (χ3n) is 2.71. The summed E-state index contributed by atoms with van der Waals surface area (Å²) in [5.41, 5.74) is 0.651. The van der Waals surface area contributed by atoms with Crippen LogP contribution in [0.5, 0.6) is 0 Å². The fourth-order valence-electron chi connectivity index (χ4n) is 1.74. The highest BCUT2D eigenvalue weighted by atomic mass is 19.4. The maximum atomic E-state index is 12.8. The van der Waals surface area contributed by atoms with Gasteiger partial charge in [0.2, 0.25) is 0 Å². The van der Waals surface area contributed by atoms with Crippen LogP contribution in [0, 0.1) is 0 Å². The van der Waals surface area contributed by atoms with E-state index in [0.717, 1.165) is 22.5 Å². The molecule has 0 radical (unpaired) electrons. The molecule has 0 N–H and O–H groups in total. The first-order valence-electron chi connectivity index (χ1n) is 5.61. The molecule has 0 spiro atoms. The van der Waals surface area contributed by atoms with Gasteiger partial charge in [-0.25, -0.2) is 4.68 Å². The van der Waals surface area contributed by atoms with Gasteiger partial charge in [0.1, 0.15) is 5.69 Å². The fourth-order valence-corrected chi connectivity index (χ4v) is 1.74. The second kappa shape index (κ2) is 4.48. The lowest BCUT2D eigenvalue weighted by Crippen LogP contribution is -2.13. The van der Waals surface area contributed by atoms with E-state index in [1.54, 1.807) is 18.2 Å². The van der Waals surface area contributed by atoms with Gasteiger partial charge in [0.15, 0.2) is 0 Å². The van der Waals surface area contributed by atoms with Gasteiger partial charge in [-0.3, -0.25) is 0 Å². The van der Waals surface area contributed by atoms with Crippen LogP contribution in [0.25, 0.3) is 5.69 Å². The third kappa shape index (κ3) is 2.39. The van der Waals surface area contributed by atoms with Crippen LogP contribution in [0.2, 0.25) is 0 Å². The van der Waals surface area contributed by atoms with Gasteiger partial charge in [0, 0.05) is 0 Å². The second-order valence-corrected chi connectivity index (χ2v) is 4.38. The first-order valence-corrected chi connectivity index (χ1v) is 5.61. The Morgan fingerprint density at radius 2 is 1.89 bits per heavy atom. The topological polar surface area (TPSA) is 17.8 Å². The molecule has 0 saturated carbocycles. The average molecular weight is 254 g/mol. The molecule has 0 atom stereocenters. The predicted octanol–water partition coefficient (Wildman–Crippen LogP) is 4.01. The number of rotatable bonds is 2. The lowest BCUT2D eigenvalue weighted by molar-refractivity contribution is -0.142. The molecular formula is C13H13F3N2. The highest BCUT2D eigenvalue weighted by Gasteiger charge is 2.35. The molecule has 18 heavy (non-hydrogen) atoms. The van der Waals surface area contributed by atoms with Crippen molar-refractivity contribution in [3.63, 3.8) is 0 Å². The van der Waals surface area contributed by atoms with Gasteiger partial charge in [-0.1, -0.05) is 26.0 Å². The first kappa shape index (κ1) is 12.7. The quantitative estimate of drug-likeness (QED) is 0.791. The molecular weight excluding hydrogens is 241 g/mol. The monoisotopic (exact) mass is 254 g/mol. The number of hydrogen-bond donors (Lipinski definition) is 0. The van der Waals surface area contributed by atoms with Crippen LogP contribution in [0.1, 0.15) is 31.0 Å². The van der Waals surface area contributed by atoms with E-state index >= 15 is 0 Å². The molecule has 0 fully saturated rings. The minimum Gasteiger partial charge on any atom is -0.229 e. The molecule has 0 aliphatic heterocycles. The minimum atomic E-state index is -4.40. The molecule has 0 saturated heterocycles. The van der Waals surface area contributed by atoms with Crippen LogP contribution < -0.4 is 0 Å². The molecule has 0 aliphatic carbocycles. The van der Waals surface area contributed by atoms with Crippen molar-refractivity contribution in [2.45, 2.75) is 25.9 Å². The summed E-state index contributed by atoms with van der Waals surface area (Å²) in [5.74, 6) is 0.259. The number of hydrogen-bond acceptors (Lipinski definition) is 1. The number of aromatic nitrogens is 2. The first-order chi connectivity index (χ1) is 8.39. The molecule has 0 unspecified atom stereocenters. The van der Waals surface area contributed by atoms with Crippen LogP contribution in [0.3, 0.4) is 0 Å². The zero-order chi connectivity index (χ0) is 13.3. The Hall–Kier alpha value is -1.78. The highest BCUT2D eigenvalue weighted by Crippen LogP contribution is 2.30. The van der Waals surface area contributed by atoms with Gasteiger partial charge in [0.25, 0.3) is 0 Å². The Kier molecular flexibility index (Phi) is 3.15. The van der Waals surface area contributed by atoms with Crippen molar-refractivity contribution in [3.8, 4) is 5.69 Å². The lowest BCUT2D eigenvalue weighted by atomic mass is 10.0. The molecule has 2 rings (SSSR count). The molecule has 1 heterocycles. The van der Waals surface area contributed by atoms with Crippen molar-refractivity contribution >= 4 is 0 Å². The summed E-state index contributed by atoms with van der Waals surface area (Å²) in [6, 6.07) is 7.96. The van der Waals surface area contributed by atoms with Crippen LogP contribution >= 0.6 is 0 Å². The minimum absolute atomic E-state index is 0.259. The summed E-state index contributed by atoms with van der Waals surface area (Å²) >= 11 is 0. The molecule has 96 valence electrons. The highest BCUT2D eigenvalue weighted by molar-refractivity contribution is 5.38. The summed E-state index contributed by atoms with van der Waals surface area (Å²) in [6.45, 7) is 3.99. The van der Waals surface area contributed by atoms with Gasteiger partial charge in [0.05, 0.1) is 11.9 Å². The molecule has 5 heteroatoms. The summed E-state index contributed by atoms with van der Waals surface area (Å²) in [6.07, 6.45) is -3.24. The van der Waals surface area contributed by atoms with E-state index < -0.39 is 11.9 Å². The molecule has 2 aromatic rings. The second-order valence-electron chi connectivity index (χ2n) is 4.38. The number of alkyl halides is 3. The number of benzene rings is 1. The Morgan fingerprint density at radius 3 is 2.50 bits per heavy atom. The Labute approximate surface area is 103 Å². The van der Waals surface area contributed by atoms with Crippen molar-refractivity contribution in [1.82, 2.24) is 9.78 Å². The largest absolute Gasteiger partial charge is 0.433 e. The SMILES string of the molecule is CC(C)c1cccc(-n2nccc2C(F)(F)F)c1. The molecule has 2 nitrogen and oxygen atoms in total. The van der Waals surface area contributed by atoms with Gasteiger partial charge < -0.3 is 0 Å². The van der Waals surface area contributed by atoms with E-state index in [1.807, 2.05) is 19.9 Å². The molecule has 0 bridgehead atoms. The number of halogens is 3. The maximum Gasteiger partial charge on any atom is 0.433 e. The Balaban J connectivity index is 2.50. The van der Waals surface area contributed by atoms with E-state index in [9.17, 15) is 13.2 Å². The third-order valence-corrected chi connectivity index (χ3v) is 2.71. The zero-order valence-corrected chi connectivity index (χ0v) is 10.1. The van der Waals surface area contributed by atoms with Crippen LogP contribution in [0.15, 0.2) is 36.5 Å². The summed E-state index contributed by atoms with van der Waals surface area (Å²) in [4.78, 5) is 0. The zero-order valence-electron chi connectivity index (χ0n) is 10.1. The van der Waals surface area contributed by atoms with E-state index in [-0.39, 0.29) is 5.92 Å². The van der Waals surface area contributed by atoms with Crippen LogP contribution in [-0.2, 0) is 6.18 Å². The molecule has 0 aliphatic rings. The van der Waals surface area contributed by atoms with Crippen LogP contribution in [-0.4, -0.2) is 9.78 Å². The molecule has 1 aromatic carbocycles. The summed E-state index contributed by atoms with van der Waals surface area (Å²) in [7, 11) is 0. The fraction of sp³-hybridized carbons (Fsp3) is 0.308. The van der Waals surface area contributed by atoms with Crippen molar-refractivity contribution < 1.29 is 13.2 Å². The van der Waals surface area contributed by atoms with Crippen molar-refractivity contribution in [1.29, 1.82) is 0 Å². The number of nitrogens with zero attached hydrogens (tertiary/aromatic N) is 2. The van der Waals surface area contributed by atoms with E-state index in [4.69, 9.17) is 0 Å². The Bertz CT molecular complexity index is 541. The van der Waals surface area contributed by atoms with E-state index in [1.165, 1.54) is 0 Å². The van der Waals surface area contributed by atoms with Gasteiger partial charge >= 0.3 is 6.18 Å². The summed E-state index contributed by atoms with van der Waals surface area (Å²) in [5, 5.41) is 3.75. The maximum absolute atomic E-state index is 12.8. The normalized spacial score (nSPS) is 12.1. The lowest BCUT2D eigenvalue weighted by Gasteiger charge is -2.12. The molecule has 0 amide bonds. The molecule has 1 aromatic heterocycles. The smallest absolute Gasteiger partial charge is 0.229 e. The van der Waals surface area contributed by atoms with Gasteiger partial charge in [-0.2, -0.15) is 18.3 Å². The van der Waals surface area contributed by atoms with E-state index in [0.29, 0.717) is 5.69 Å². The van der Waals surface area contributed by atoms with Crippen molar-refractivity contribution in [2.24, 2.45) is 0 Å². The van der Waals surface area contributed by atoms with Gasteiger partial charge in [-0.05, 0) is 29.7 Å². The standard InChI is InChI=1S/C13H13F3N2/c1-9(2)10-4-3-5-11(8-10)18-12(6-7-17-18)13(14,15)16/h3-9H,1-2H3. The van der Waals surface area contributed by atoms with Crippen LogP contribution in [0.4, 0.5) is 13.2 Å². The van der Waals surface area contributed by atoms with E-state index in [2.05, 4.69) is 5.10 Å².